The molecule has 2 aliphatic heterocycles. The maximum atomic E-state index is 4.94. The van der Waals surface area contributed by atoms with E-state index in [9.17, 15) is 0 Å². The van der Waals surface area contributed by atoms with Crippen LogP contribution in [-0.4, -0.2) is 29.2 Å². The number of hydrogen-bond acceptors (Lipinski definition) is 4. The highest BCUT2D eigenvalue weighted by Gasteiger charge is 2.19. The van der Waals surface area contributed by atoms with Gasteiger partial charge in [0.25, 0.3) is 0 Å². The van der Waals surface area contributed by atoms with E-state index >= 15 is 0 Å². The van der Waals surface area contributed by atoms with Crippen molar-refractivity contribution < 1.29 is 4.36 Å². The minimum absolute atomic E-state index is 0.181. The maximum Gasteiger partial charge on any atom is 0.346 e. The van der Waals surface area contributed by atoms with E-state index in [0.717, 1.165) is 46.3 Å². The summed E-state index contributed by atoms with van der Waals surface area (Å²) in [6.07, 6.45) is 4.40. The normalized spacial score (nSPS) is 19.6. The number of hydrogen-bond donors (Lipinski definition) is 1. The van der Waals surface area contributed by atoms with Crippen LogP contribution in [0.3, 0.4) is 0 Å². The molecule has 1 unspecified atom stereocenters. The molecule has 0 spiro atoms. The molecule has 0 radical (unpaired) electrons. The zero-order chi connectivity index (χ0) is 18.4. The van der Waals surface area contributed by atoms with Crippen LogP contribution in [0.5, 0.6) is 0 Å². The van der Waals surface area contributed by atoms with Gasteiger partial charge in [-0.2, -0.15) is 0 Å². The summed E-state index contributed by atoms with van der Waals surface area (Å²) in [7, 11) is 0. The van der Waals surface area contributed by atoms with Gasteiger partial charge < -0.3 is 5.32 Å². The molecule has 27 heavy (non-hydrogen) atoms. The highest BCUT2D eigenvalue weighted by atomic mass is 15.2. The van der Waals surface area contributed by atoms with E-state index in [4.69, 9.17) is 10.1 Å². The summed E-state index contributed by atoms with van der Waals surface area (Å²) in [5.74, 6) is 0.578. The van der Waals surface area contributed by atoms with Crippen LogP contribution < -0.4 is 15.2 Å². The number of fused-ring (bicyclic) bond motifs is 2. The van der Waals surface area contributed by atoms with Gasteiger partial charge in [-0.1, -0.05) is 22.2 Å². The summed E-state index contributed by atoms with van der Waals surface area (Å²) in [5.41, 5.74) is 6.49. The van der Waals surface area contributed by atoms with Gasteiger partial charge in [-0.25, -0.2) is 0 Å². The van der Waals surface area contributed by atoms with Gasteiger partial charge in [0, 0.05) is 28.1 Å². The van der Waals surface area contributed by atoms with Crippen LogP contribution in [0, 0.1) is 13.1 Å². The average molecular weight is 358 g/mol. The number of aromatic nitrogens is 3. The third-order valence-electron chi connectivity index (χ3n) is 5.59. The average Bonchev–Trinajstić information content (AvgIpc) is 3.09. The Hall–Kier alpha value is -2.66. The van der Waals surface area contributed by atoms with E-state index in [-0.39, 0.29) is 6.04 Å². The first-order chi connectivity index (χ1) is 13.2. The number of nitrogens with zero attached hydrogens (tertiary/aromatic N) is 4. The van der Waals surface area contributed by atoms with E-state index in [1.165, 1.54) is 18.5 Å². The number of piperidine rings is 1. The lowest BCUT2D eigenvalue weighted by atomic mass is 9.93. The Balaban J connectivity index is 1.54. The summed E-state index contributed by atoms with van der Waals surface area (Å²) >= 11 is 0. The van der Waals surface area contributed by atoms with Crippen molar-refractivity contribution in [2.24, 2.45) is 4.99 Å². The third-order valence-corrected chi connectivity index (χ3v) is 5.59. The quantitative estimate of drug-likeness (QED) is 0.716. The molecule has 1 fully saturated rings. The number of benzene rings is 1. The van der Waals surface area contributed by atoms with E-state index < -0.39 is 0 Å². The van der Waals surface area contributed by atoms with Crippen molar-refractivity contribution in [2.75, 3.05) is 13.1 Å². The van der Waals surface area contributed by atoms with Crippen molar-refractivity contribution in [3.8, 4) is 11.3 Å². The van der Waals surface area contributed by atoms with Gasteiger partial charge in [-0.3, -0.25) is 4.98 Å². The molecule has 5 rings (SSSR count). The zero-order valence-corrected chi connectivity index (χ0v) is 15.8. The molecule has 1 atom stereocenters. The lowest BCUT2D eigenvalue weighted by molar-refractivity contribution is -0.589. The predicted octanol–water partition coefficient (Wildman–Crippen LogP) is 2.39. The largest absolute Gasteiger partial charge is 0.346 e. The monoisotopic (exact) mass is 358 g/mol. The number of aryl methyl sites for hydroxylation is 1. The molecule has 2 aliphatic rings. The van der Waals surface area contributed by atoms with Crippen LogP contribution in [0.1, 0.15) is 36.9 Å². The predicted molar refractivity (Wildman–Crippen MR) is 105 cm³/mol. The molecule has 0 saturated carbocycles. The molecular weight excluding hydrogens is 334 g/mol. The highest BCUT2D eigenvalue weighted by molar-refractivity contribution is 5.84. The molecule has 0 amide bonds. The number of rotatable bonds is 2. The Morgan fingerprint density at radius 2 is 1.93 bits per heavy atom. The molecule has 1 aromatic carbocycles. The number of pyridine rings is 1. The molecule has 1 N–H and O–H groups in total. The van der Waals surface area contributed by atoms with Gasteiger partial charge in [0.05, 0.1) is 5.52 Å². The Labute approximate surface area is 158 Å². The zero-order valence-electron chi connectivity index (χ0n) is 15.8. The third kappa shape index (κ3) is 3.02. The van der Waals surface area contributed by atoms with Crippen LogP contribution in [0.4, 0.5) is 0 Å². The fourth-order valence-electron chi connectivity index (χ4n) is 4.12. The van der Waals surface area contributed by atoms with Crippen LogP contribution in [0.25, 0.3) is 22.2 Å². The first-order valence-corrected chi connectivity index (χ1v) is 9.78. The fraction of sp³-hybridized carbons (Fsp3) is 0.364. The topological polar surface area (TPSA) is 56.1 Å². The Morgan fingerprint density at radius 1 is 1.07 bits per heavy atom. The molecule has 5 heteroatoms. The van der Waals surface area contributed by atoms with Gasteiger partial charge in [-0.15, -0.1) is 4.36 Å². The Kier molecular flexibility index (Phi) is 3.97. The molecular formula is C22H24N5+. The van der Waals surface area contributed by atoms with Crippen LogP contribution in [0.2, 0.25) is 0 Å². The molecule has 0 aliphatic carbocycles. The van der Waals surface area contributed by atoms with Crippen LogP contribution >= 0.6 is 0 Å². The SMILES string of the molecule is Cc1cc(-c2ccc3nc(C4CCNCC4)ccc3c2)n[n+]2c1=NC(C)C=2. The first kappa shape index (κ1) is 16.5. The molecule has 3 aromatic rings. The van der Waals surface area contributed by atoms with E-state index in [0.29, 0.717) is 5.92 Å². The molecule has 136 valence electrons. The molecule has 2 aromatic heterocycles. The van der Waals surface area contributed by atoms with Crippen molar-refractivity contribution in [1.29, 1.82) is 0 Å². The second kappa shape index (κ2) is 6.50. The number of nitrogens with one attached hydrogen (secondary N) is 1. The van der Waals surface area contributed by atoms with Gasteiger partial charge in [0.15, 0.2) is 6.04 Å². The van der Waals surface area contributed by atoms with Crippen molar-refractivity contribution >= 4 is 10.9 Å². The lowest BCUT2D eigenvalue weighted by Crippen LogP contribution is -2.40. The first-order valence-electron chi connectivity index (χ1n) is 9.78. The van der Waals surface area contributed by atoms with E-state index in [1.807, 2.05) is 4.36 Å². The van der Waals surface area contributed by atoms with Gasteiger partial charge in [0.1, 0.15) is 11.9 Å². The second-order valence-electron chi connectivity index (χ2n) is 7.67. The van der Waals surface area contributed by atoms with Crippen molar-refractivity contribution in [2.45, 2.75) is 38.6 Å². The van der Waals surface area contributed by atoms with Gasteiger partial charge in [0.2, 0.25) is 0 Å². The minimum atomic E-state index is 0.181. The summed E-state index contributed by atoms with van der Waals surface area (Å²) in [6, 6.07) is 13.2. The summed E-state index contributed by atoms with van der Waals surface area (Å²) in [5, 5.41) is 9.36. The van der Waals surface area contributed by atoms with Crippen molar-refractivity contribution in [1.82, 2.24) is 15.4 Å². The summed E-state index contributed by atoms with van der Waals surface area (Å²) < 4.78 is 1.91. The second-order valence-corrected chi connectivity index (χ2v) is 7.67. The molecule has 0 bridgehead atoms. The van der Waals surface area contributed by atoms with Gasteiger partial charge >= 0.3 is 5.49 Å². The summed E-state index contributed by atoms with van der Waals surface area (Å²) in [4.78, 5) is 9.57. The van der Waals surface area contributed by atoms with Gasteiger partial charge in [-0.05, 0) is 64.0 Å². The maximum absolute atomic E-state index is 4.94. The highest BCUT2D eigenvalue weighted by Crippen LogP contribution is 2.27. The van der Waals surface area contributed by atoms with Crippen molar-refractivity contribution in [3.63, 3.8) is 0 Å². The smallest absolute Gasteiger partial charge is 0.317 e. The molecule has 1 saturated heterocycles. The fourth-order valence-corrected chi connectivity index (χ4v) is 4.12. The van der Waals surface area contributed by atoms with E-state index in [2.05, 4.69) is 66.8 Å². The lowest BCUT2D eigenvalue weighted by Gasteiger charge is -2.22. The molecule has 5 nitrogen and oxygen atoms in total. The Bertz CT molecular complexity index is 1150. The minimum Gasteiger partial charge on any atom is -0.317 e. The standard InChI is InChI=1S/C22H24N5/c1-14-11-21(26-27-13-15(2)24-22(14)27)18-4-6-20-17(12-18)3-5-19(25-20)16-7-9-23-10-8-16/h3-6,11-13,15-16,23H,7-10H2,1-2H3/q+1. The van der Waals surface area contributed by atoms with E-state index in [1.54, 1.807) is 0 Å². The molecule has 4 heterocycles. The summed E-state index contributed by atoms with van der Waals surface area (Å²) in [6.45, 7) is 6.36. The van der Waals surface area contributed by atoms with Crippen LogP contribution in [-0.2, 0) is 0 Å². The van der Waals surface area contributed by atoms with Crippen molar-refractivity contribution in [3.05, 3.63) is 59.4 Å². The Morgan fingerprint density at radius 3 is 2.78 bits per heavy atom. The van der Waals surface area contributed by atoms with Crippen LogP contribution in [0.15, 0.2) is 41.4 Å².